The number of ketones is 1. The number of phenols is 1. The van der Waals surface area contributed by atoms with E-state index in [1.807, 2.05) is 13.0 Å². The summed E-state index contributed by atoms with van der Waals surface area (Å²) in [4.78, 5) is 25.2. The van der Waals surface area contributed by atoms with Gasteiger partial charge in [0.25, 0.3) is 5.91 Å². The first-order valence-electron chi connectivity index (χ1n) is 8.88. The Kier molecular flexibility index (Phi) is 7.85. The van der Waals surface area contributed by atoms with Crippen LogP contribution in [0, 0.1) is 17.2 Å². The number of allylic oxidation sites excluding steroid dienone is 2. The van der Waals surface area contributed by atoms with E-state index in [0.717, 1.165) is 11.6 Å². The van der Waals surface area contributed by atoms with E-state index in [0.29, 0.717) is 18.7 Å². The van der Waals surface area contributed by atoms with E-state index >= 15 is 0 Å². The summed E-state index contributed by atoms with van der Waals surface area (Å²) in [6.45, 7) is 9.08. The molecule has 0 aromatic heterocycles. The number of hydrogen-bond donors (Lipinski definition) is 3. The fraction of sp³-hybridized carbons (Fsp3) is 0.450. The highest BCUT2D eigenvalue weighted by molar-refractivity contribution is 6.07. The molecule has 0 aliphatic heterocycles. The molecule has 3 N–H and O–H groups in total. The fourth-order valence-electron chi connectivity index (χ4n) is 2.24. The summed E-state index contributed by atoms with van der Waals surface area (Å²) in [5.41, 5.74) is 1.48. The molecular weight excluding hydrogens is 344 g/mol. The summed E-state index contributed by atoms with van der Waals surface area (Å²) in [7, 11) is 3.10. The maximum absolute atomic E-state index is 12.1. The number of anilines is 1. The normalized spacial score (nSPS) is 12.6. The number of amides is 1. The van der Waals surface area contributed by atoms with Gasteiger partial charge in [-0.25, -0.2) is 0 Å². The molecule has 1 aliphatic carbocycles. The average molecular weight is 372 g/mol. The number of Topliss-reactive ketones (excluding diaryl/α,β-unsaturated/α-hetero) is 1. The second-order valence-corrected chi connectivity index (χ2v) is 7.07. The number of carbonyl (C=O) groups is 2. The van der Waals surface area contributed by atoms with Gasteiger partial charge in [0.15, 0.2) is 11.5 Å². The molecule has 1 aromatic carbocycles. The molecule has 7 nitrogen and oxygen atoms in total. The minimum atomic E-state index is -0.427. The monoisotopic (exact) mass is 372 g/mol. The van der Waals surface area contributed by atoms with Crippen LogP contribution >= 0.6 is 0 Å². The SMILES string of the molecule is CC(C)C.CCNC1=C(Nc2cc(C#N)cc(C(=O)N(C)C)c2O)C(=O)C1. The first-order valence-corrected chi connectivity index (χ1v) is 8.88. The number of benzene rings is 1. The first-order chi connectivity index (χ1) is 12.6. The predicted octanol–water partition coefficient (Wildman–Crippen LogP) is 2.83. The molecule has 0 spiro atoms. The molecule has 0 heterocycles. The molecular formula is C20H28N4O3. The molecule has 0 fully saturated rings. The molecule has 0 saturated heterocycles. The molecule has 0 saturated carbocycles. The largest absolute Gasteiger partial charge is 0.505 e. The number of hydrogen-bond acceptors (Lipinski definition) is 6. The van der Waals surface area contributed by atoms with Crippen LogP contribution in [0.5, 0.6) is 5.75 Å². The lowest BCUT2D eigenvalue weighted by Gasteiger charge is -2.25. The first kappa shape index (κ1) is 22.0. The van der Waals surface area contributed by atoms with Crippen molar-refractivity contribution in [3.63, 3.8) is 0 Å². The van der Waals surface area contributed by atoms with Crippen LogP contribution in [-0.2, 0) is 4.79 Å². The van der Waals surface area contributed by atoms with Gasteiger partial charge in [0.2, 0.25) is 0 Å². The quantitative estimate of drug-likeness (QED) is 0.687. The molecule has 1 amide bonds. The Morgan fingerprint density at radius 1 is 1.33 bits per heavy atom. The second kappa shape index (κ2) is 9.62. The minimum absolute atomic E-state index is 0.00826. The highest BCUT2D eigenvalue weighted by Gasteiger charge is 2.28. The molecule has 0 bridgehead atoms. The van der Waals surface area contributed by atoms with Gasteiger partial charge in [-0.05, 0) is 25.0 Å². The Bertz CT molecular complexity index is 786. The van der Waals surface area contributed by atoms with Crippen molar-refractivity contribution in [3.8, 4) is 11.8 Å². The van der Waals surface area contributed by atoms with Gasteiger partial charge >= 0.3 is 0 Å². The summed E-state index contributed by atoms with van der Waals surface area (Å²) in [5, 5.41) is 25.3. The summed E-state index contributed by atoms with van der Waals surface area (Å²) in [6.07, 6.45) is 0.304. The maximum atomic E-state index is 12.1. The van der Waals surface area contributed by atoms with Crippen LogP contribution < -0.4 is 10.6 Å². The number of phenolic OH excluding ortho intramolecular Hbond substituents is 1. The lowest BCUT2D eigenvalue weighted by molar-refractivity contribution is -0.116. The van der Waals surface area contributed by atoms with E-state index in [9.17, 15) is 14.7 Å². The van der Waals surface area contributed by atoms with E-state index in [-0.39, 0.29) is 28.3 Å². The van der Waals surface area contributed by atoms with Crippen LogP contribution in [0.4, 0.5) is 5.69 Å². The zero-order valence-electron chi connectivity index (χ0n) is 16.8. The molecule has 1 aromatic rings. The Morgan fingerprint density at radius 3 is 2.37 bits per heavy atom. The third-order valence-corrected chi connectivity index (χ3v) is 3.44. The zero-order chi connectivity index (χ0) is 20.7. The number of aromatic hydroxyl groups is 1. The van der Waals surface area contributed by atoms with Crippen LogP contribution in [0.2, 0.25) is 0 Å². The van der Waals surface area contributed by atoms with Crippen molar-refractivity contribution in [1.29, 1.82) is 5.26 Å². The molecule has 1 aliphatic rings. The lowest BCUT2D eigenvalue weighted by Crippen LogP contribution is -2.32. The smallest absolute Gasteiger partial charge is 0.257 e. The summed E-state index contributed by atoms with van der Waals surface area (Å²) in [5.74, 6) is 0.0254. The summed E-state index contributed by atoms with van der Waals surface area (Å²) in [6, 6.07) is 4.68. The van der Waals surface area contributed by atoms with Crippen molar-refractivity contribution in [2.45, 2.75) is 34.1 Å². The van der Waals surface area contributed by atoms with Crippen LogP contribution in [0.1, 0.15) is 50.0 Å². The number of nitriles is 1. The van der Waals surface area contributed by atoms with Crippen molar-refractivity contribution in [1.82, 2.24) is 10.2 Å². The van der Waals surface area contributed by atoms with Gasteiger partial charge in [0.1, 0.15) is 5.70 Å². The van der Waals surface area contributed by atoms with Crippen molar-refractivity contribution < 1.29 is 14.7 Å². The second-order valence-electron chi connectivity index (χ2n) is 7.07. The van der Waals surface area contributed by atoms with E-state index in [1.165, 1.54) is 17.0 Å². The molecule has 0 radical (unpaired) electrons. The van der Waals surface area contributed by atoms with Gasteiger partial charge in [-0.3, -0.25) is 9.59 Å². The molecule has 146 valence electrons. The Morgan fingerprint density at radius 2 is 1.93 bits per heavy atom. The van der Waals surface area contributed by atoms with E-state index < -0.39 is 5.91 Å². The van der Waals surface area contributed by atoms with Gasteiger partial charge in [-0.15, -0.1) is 0 Å². The van der Waals surface area contributed by atoms with Gasteiger partial charge in [0, 0.05) is 26.3 Å². The summed E-state index contributed by atoms with van der Waals surface area (Å²) >= 11 is 0. The van der Waals surface area contributed by atoms with Gasteiger partial charge < -0.3 is 20.6 Å². The zero-order valence-corrected chi connectivity index (χ0v) is 16.8. The number of nitrogens with zero attached hydrogens (tertiary/aromatic N) is 2. The standard InChI is InChI=1S/C16H18N4O3.C4H10/c1-4-18-11-7-13(21)14(11)19-12-6-9(8-17)5-10(15(12)22)16(23)20(2)3;1-4(2)3/h5-6,18-19,22H,4,7H2,1-3H3;4H,1-3H3. The van der Waals surface area contributed by atoms with Crippen LogP contribution in [0.15, 0.2) is 23.5 Å². The molecule has 0 unspecified atom stereocenters. The Balaban J connectivity index is 0.000000828. The fourth-order valence-corrected chi connectivity index (χ4v) is 2.24. The predicted molar refractivity (Wildman–Crippen MR) is 105 cm³/mol. The van der Waals surface area contributed by atoms with E-state index in [4.69, 9.17) is 5.26 Å². The minimum Gasteiger partial charge on any atom is -0.505 e. The third-order valence-electron chi connectivity index (χ3n) is 3.44. The highest BCUT2D eigenvalue weighted by atomic mass is 16.3. The molecule has 2 rings (SSSR count). The number of nitrogens with one attached hydrogen (secondary N) is 2. The Labute approximate surface area is 160 Å². The van der Waals surface area contributed by atoms with Crippen molar-refractivity contribution in [3.05, 3.63) is 34.7 Å². The van der Waals surface area contributed by atoms with Gasteiger partial charge in [-0.2, -0.15) is 5.26 Å². The van der Waals surface area contributed by atoms with Crippen molar-refractivity contribution in [2.75, 3.05) is 26.0 Å². The summed E-state index contributed by atoms with van der Waals surface area (Å²) < 4.78 is 0. The van der Waals surface area contributed by atoms with Gasteiger partial charge in [-0.1, -0.05) is 20.8 Å². The topological polar surface area (TPSA) is 105 Å². The van der Waals surface area contributed by atoms with Crippen LogP contribution in [-0.4, -0.2) is 42.3 Å². The average Bonchev–Trinajstić information content (AvgIpc) is 2.59. The van der Waals surface area contributed by atoms with Crippen molar-refractivity contribution in [2.24, 2.45) is 5.92 Å². The van der Waals surface area contributed by atoms with Crippen LogP contribution in [0.25, 0.3) is 0 Å². The Hall–Kier alpha value is -3.01. The van der Waals surface area contributed by atoms with Gasteiger partial charge in [0.05, 0.1) is 29.3 Å². The van der Waals surface area contributed by atoms with Crippen LogP contribution in [0.3, 0.4) is 0 Å². The van der Waals surface area contributed by atoms with Crippen molar-refractivity contribution >= 4 is 17.4 Å². The molecule has 27 heavy (non-hydrogen) atoms. The molecule has 7 heteroatoms. The van der Waals surface area contributed by atoms with E-state index in [1.54, 1.807) is 14.1 Å². The maximum Gasteiger partial charge on any atom is 0.257 e. The lowest BCUT2D eigenvalue weighted by atomic mass is 9.98. The number of carbonyl (C=O) groups excluding carboxylic acids is 2. The number of rotatable bonds is 5. The third kappa shape index (κ3) is 5.74. The highest BCUT2D eigenvalue weighted by Crippen LogP contribution is 2.33. The van der Waals surface area contributed by atoms with E-state index in [2.05, 4.69) is 31.4 Å². The molecule has 0 atom stereocenters.